The van der Waals surface area contributed by atoms with Crippen molar-refractivity contribution in [1.29, 1.82) is 0 Å². The zero-order valence-corrected chi connectivity index (χ0v) is 18.8. The molecule has 0 aliphatic heterocycles. The number of carbonyl (C=O) groups is 2. The van der Waals surface area contributed by atoms with Gasteiger partial charge in [0.15, 0.2) is 0 Å². The number of aromatic carboxylic acids is 1. The highest BCUT2D eigenvalue weighted by Crippen LogP contribution is 2.40. The third-order valence-electron chi connectivity index (χ3n) is 5.01. The molecule has 0 bridgehead atoms. The Morgan fingerprint density at radius 1 is 1.03 bits per heavy atom. The van der Waals surface area contributed by atoms with E-state index in [2.05, 4.69) is 27.7 Å². The van der Waals surface area contributed by atoms with E-state index in [4.69, 9.17) is 9.47 Å². The lowest BCUT2D eigenvalue weighted by atomic mass is 9.83. The smallest absolute Gasteiger partial charge is 0.478 e. The Hall–Kier alpha value is -2.82. The van der Waals surface area contributed by atoms with Crippen LogP contribution in [0, 0.1) is 6.92 Å². The zero-order chi connectivity index (χ0) is 22.5. The molecule has 162 valence electrons. The fourth-order valence-corrected chi connectivity index (χ4v) is 3.31. The Morgan fingerprint density at radius 2 is 1.73 bits per heavy atom. The molecule has 0 heterocycles. The summed E-state index contributed by atoms with van der Waals surface area (Å²) >= 11 is 0. The van der Waals surface area contributed by atoms with E-state index < -0.39 is 12.1 Å². The molecule has 0 radical (unpaired) electrons. The van der Waals surface area contributed by atoms with E-state index >= 15 is 0 Å². The van der Waals surface area contributed by atoms with E-state index in [9.17, 15) is 14.7 Å². The molecule has 0 saturated carbocycles. The van der Waals surface area contributed by atoms with Crippen LogP contribution in [0.15, 0.2) is 30.3 Å². The van der Waals surface area contributed by atoms with Gasteiger partial charge < -0.3 is 14.6 Å². The van der Waals surface area contributed by atoms with E-state index in [0.717, 1.165) is 36.0 Å². The second-order valence-electron chi connectivity index (χ2n) is 8.49. The van der Waals surface area contributed by atoms with Crippen molar-refractivity contribution in [1.82, 2.24) is 0 Å². The molecular weight excluding hydrogens is 380 g/mol. The molecule has 0 aromatic heterocycles. The molecular formula is C25H32O5. The number of carboxylic acids is 1. The molecule has 0 fully saturated rings. The highest BCUT2D eigenvalue weighted by molar-refractivity contribution is 5.97. The summed E-state index contributed by atoms with van der Waals surface area (Å²) in [6, 6.07) is 9.29. The molecule has 0 aliphatic rings. The highest BCUT2D eigenvalue weighted by atomic mass is 16.7. The predicted molar refractivity (Wildman–Crippen MR) is 119 cm³/mol. The van der Waals surface area contributed by atoms with Gasteiger partial charge in [-0.2, -0.15) is 0 Å². The minimum Gasteiger partial charge on any atom is -0.478 e. The third kappa shape index (κ3) is 5.62. The van der Waals surface area contributed by atoms with Gasteiger partial charge in [0.2, 0.25) is 0 Å². The summed E-state index contributed by atoms with van der Waals surface area (Å²) in [6.45, 7) is 12.1. The Morgan fingerprint density at radius 3 is 2.30 bits per heavy atom. The molecule has 0 saturated heterocycles. The molecule has 5 heteroatoms. The van der Waals surface area contributed by atoms with Crippen LogP contribution in [-0.4, -0.2) is 23.8 Å². The van der Waals surface area contributed by atoms with Crippen LogP contribution in [0.25, 0.3) is 11.1 Å². The van der Waals surface area contributed by atoms with Gasteiger partial charge in [0.25, 0.3) is 0 Å². The molecule has 2 aromatic rings. The van der Waals surface area contributed by atoms with Crippen LogP contribution in [0.5, 0.6) is 5.75 Å². The summed E-state index contributed by atoms with van der Waals surface area (Å²) in [6.07, 6.45) is 2.12. The van der Waals surface area contributed by atoms with E-state index in [1.54, 1.807) is 13.0 Å². The predicted octanol–water partition coefficient (Wildman–Crippen LogP) is 6.54. The lowest BCUT2D eigenvalue weighted by molar-refractivity contribution is 0.0697. The van der Waals surface area contributed by atoms with Gasteiger partial charge in [0, 0.05) is 11.1 Å². The van der Waals surface area contributed by atoms with Gasteiger partial charge in [0.1, 0.15) is 5.75 Å². The number of hydrogen-bond donors (Lipinski definition) is 1. The van der Waals surface area contributed by atoms with Gasteiger partial charge >= 0.3 is 12.1 Å². The molecule has 30 heavy (non-hydrogen) atoms. The third-order valence-corrected chi connectivity index (χ3v) is 5.01. The fourth-order valence-electron chi connectivity index (χ4n) is 3.31. The summed E-state index contributed by atoms with van der Waals surface area (Å²) in [5.74, 6) is -0.690. The lowest BCUT2D eigenvalue weighted by Gasteiger charge is -2.23. The Labute approximate surface area is 179 Å². The first-order valence-corrected chi connectivity index (χ1v) is 10.4. The molecule has 1 N–H and O–H groups in total. The first-order valence-electron chi connectivity index (χ1n) is 10.4. The van der Waals surface area contributed by atoms with Crippen LogP contribution in [0.2, 0.25) is 0 Å². The van der Waals surface area contributed by atoms with Crippen molar-refractivity contribution in [2.45, 2.75) is 66.2 Å². The van der Waals surface area contributed by atoms with Crippen molar-refractivity contribution in [3.8, 4) is 16.9 Å². The van der Waals surface area contributed by atoms with Crippen molar-refractivity contribution in [2.24, 2.45) is 0 Å². The van der Waals surface area contributed by atoms with E-state index in [1.807, 2.05) is 31.2 Å². The highest BCUT2D eigenvalue weighted by Gasteiger charge is 2.24. The number of ether oxygens (including phenoxy) is 2. The Kier molecular flexibility index (Phi) is 7.65. The summed E-state index contributed by atoms with van der Waals surface area (Å²) in [5.41, 5.74) is 3.98. The topological polar surface area (TPSA) is 72.8 Å². The van der Waals surface area contributed by atoms with Gasteiger partial charge in [-0.05, 0) is 60.9 Å². The summed E-state index contributed by atoms with van der Waals surface area (Å²) < 4.78 is 10.5. The molecule has 0 atom stereocenters. The molecule has 2 rings (SSSR count). The zero-order valence-electron chi connectivity index (χ0n) is 18.8. The van der Waals surface area contributed by atoms with Crippen molar-refractivity contribution in [3.63, 3.8) is 0 Å². The Balaban J connectivity index is 2.77. The molecule has 5 nitrogen and oxygen atoms in total. The minimum atomic E-state index is -1.02. The number of carbonyl (C=O) groups excluding carboxylic acids is 1. The summed E-state index contributed by atoms with van der Waals surface area (Å²) in [4.78, 5) is 24.1. The Bertz CT molecular complexity index is 922. The lowest BCUT2D eigenvalue weighted by Crippen LogP contribution is -2.15. The van der Waals surface area contributed by atoms with Crippen LogP contribution in [0.4, 0.5) is 4.79 Å². The minimum absolute atomic E-state index is 0.162. The second kappa shape index (κ2) is 9.79. The normalized spacial score (nSPS) is 11.3. The SMILES string of the molecule is CCCCc1ccc(C(=O)O)c(-c2cc(C(C)(C)C)cc(C)c2OC(=O)OCC)c1. The molecule has 0 spiro atoms. The molecule has 2 aromatic carbocycles. The maximum absolute atomic E-state index is 12.1. The fraction of sp³-hybridized carbons (Fsp3) is 0.440. The number of benzene rings is 2. The second-order valence-corrected chi connectivity index (χ2v) is 8.49. The molecule has 0 aliphatic carbocycles. The van der Waals surface area contributed by atoms with Crippen LogP contribution in [0.3, 0.4) is 0 Å². The maximum atomic E-state index is 12.1. The first-order chi connectivity index (χ1) is 14.1. The number of aryl methyl sites for hydroxylation is 2. The molecule has 0 unspecified atom stereocenters. The van der Waals surface area contributed by atoms with Crippen LogP contribution in [0.1, 0.15) is 74.5 Å². The van der Waals surface area contributed by atoms with Gasteiger partial charge in [-0.15, -0.1) is 0 Å². The number of rotatable bonds is 7. The number of unbranched alkanes of at least 4 members (excludes halogenated alkanes) is 1. The standard InChI is InChI=1S/C25H32O5/c1-7-9-10-17-11-12-19(23(26)27)20(14-17)21-15-18(25(4,5)6)13-16(3)22(21)30-24(28)29-8-2/h11-15H,7-10H2,1-6H3,(H,26,27). The number of carboxylic acid groups (broad SMARTS) is 1. The van der Waals surface area contributed by atoms with Crippen molar-refractivity contribution in [2.75, 3.05) is 6.61 Å². The van der Waals surface area contributed by atoms with Gasteiger partial charge in [-0.3, -0.25) is 0 Å². The summed E-state index contributed by atoms with van der Waals surface area (Å²) in [5, 5.41) is 9.82. The van der Waals surface area contributed by atoms with Crippen LogP contribution < -0.4 is 4.74 Å². The first kappa shape index (κ1) is 23.5. The monoisotopic (exact) mass is 412 g/mol. The molecule has 0 amide bonds. The average Bonchev–Trinajstić information content (AvgIpc) is 2.66. The van der Waals surface area contributed by atoms with E-state index in [-0.39, 0.29) is 17.6 Å². The van der Waals surface area contributed by atoms with Gasteiger partial charge in [-0.1, -0.05) is 52.3 Å². The summed E-state index contributed by atoms with van der Waals surface area (Å²) in [7, 11) is 0. The van der Waals surface area contributed by atoms with E-state index in [0.29, 0.717) is 16.9 Å². The van der Waals surface area contributed by atoms with Crippen LogP contribution >= 0.6 is 0 Å². The van der Waals surface area contributed by atoms with Crippen molar-refractivity contribution < 1.29 is 24.2 Å². The van der Waals surface area contributed by atoms with Gasteiger partial charge in [-0.25, -0.2) is 9.59 Å². The quantitative estimate of drug-likeness (QED) is 0.413. The van der Waals surface area contributed by atoms with Crippen LogP contribution in [-0.2, 0) is 16.6 Å². The maximum Gasteiger partial charge on any atom is 0.513 e. The largest absolute Gasteiger partial charge is 0.513 e. The van der Waals surface area contributed by atoms with Gasteiger partial charge in [0.05, 0.1) is 12.2 Å². The van der Waals surface area contributed by atoms with E-state index in [1.165, 1.54) is 0 Å². The van der Waals surface area contributed by atoms with Crippen molar-refractivity contribution >= 4 is 12.1 Å². The van der Waals surface area contributed by atoms with Crippen molar-refractivity contribution in [3.05, 3.63) is 52.6 Å². The number of hydrogen-bond acceptors (Lipinski definition) is 4. The average molecular weight is 413 g/mol.